The van der Waals surface area contributed by atoms with E-state index in [1.807, 2.05) is 0 Å². The van der Waals surface area contributed by atoms with Gasteiger partial charge < -0.3 is 15.3 Å². The number of azide groups is 1. The van der Waals surface area contributed by atoms with Crippen LogP contribution in [0.1, 0.15) is 11.1 Å². The first kappa shape index (κ1) is 13.1. The van der Waals surface area contributed by atoms with Crippen molar-refractivity contribution in [3.05, 3.63) is 58.0 Å². The molecule has 0 amide bonds. The normalized spacial score (nSPS) is 9.20. The van der Waals surface area contributed by atoms with Gasteiger partial charge in [0.25, 0.3) is 0 Å². The number of rotatable bonds is 1. The van der Waals surface area contributed by atoms with E-state index in [0.717, 1.165) is 0 Å². The summed E-state index contributed by atoms with van der Waals surface area (Å²) in [5, 5.41) is 31.3. The molecule has 0 heterocycles. The highest BCUT2D eigenvalue weighted by molar-refractivity contribution is 5.56. The topological polar surface area (TPSA) is 109 Å². The first-order valence-corrected chi connectivity index (χ1v) is 5.52. The molecule has 0 fully saturated rings. The molecule has 6 heteroatoms. The van der Waals surface area contributed by atoms with Crippen molar-refractivity contribution in [2.75, 3.05) is 0 Å². The van der Waals surface area contributed by atoms with E-state index in [4.69, 9.17) is 5.53 Å². The summed E-state index contributed by atoms with van der Waals surface area (Å²) < 4.78 is 0. The second kappa shape index (κ2) is 5.57. The summed E-state index contributed by atoms with van der Waals surface area (Å²) in [5.74, 6) is 4.10. The summed E-state index contributed by atoms with van der Waals surface area (Å²) in [5.41, 5.74) is 9.80. The maximum atomic E-state index is 9.35. The zero-order chi connectivity index (χ0) is 14.5. The van der Waals surface area contributed by atoms with Crippen molar-refractivity contribution < 1.29 is 15.3 Å². The second-order valence-electron chi connectivity index (χ2n) is 3.85. The van der Waals surface area contributed by atoms with Gasteiger partial charge in [-0.2, -0.15) is 0 Å². The van der Waals surface area contributed by atoms with Crippen LogP contribution in [0.15, 0.2) is 41.5 Å². The number of phenolic OH excluding ortho intramolecular Hbond substituents is 3. The molecule has 2 aromatic carbocycles. The maximum Gasteiger partial charge on any atom is 0.200 e. The van der Waals surface area contributed by atoms with Crippen LogP contribution in [0, 0.1) is 11.8 Å². The average Bonchev–Trinajstić information content (AvgIpc) is 2.44. The molecular formula is C14H9N3O3. The van der Waals surface area contributed by atoms with Crippen molar-refractivity contribution in [3.63, 3.8) is 0 Å². The molecule has 20 heavy (non-hydrogen) atoms. The van der Waals surface area contributed by atoms with Crippen molar-refractivity contribution >= 4 is 5.69 Å². The Morgan fingerprint density at radius 3 is 2.00 bits per heavy atom. The summed E-state index contributed by atoms with van der Waals surface area (Å²) in [6.45, 7) is 0. The molecule has 0 aromatic heterocycles. The number of hydrogen-bond donors (Lipinski definition) is 3. The van der Waals surface area contributed by atoms with Crippen LogP contribution in [0.2, 0.25) is 0 Å². The molecule has 0 bridgehead atoms. The van der Waals surface area contributed by atoms with Gasteiger partial charge in [0.2, 0.25) is 0 Å². The highest BCUT2D eigenvalue weighted by atomic mass is 16.3. The Kier molecular flexibility index (Phi) is 3.66. The Morgan fingerprint density at radius 1 is 0.900 bits per heavy atom. The van der Waals surface area contributed by atoms with Gasteiger partial charge in [-0.15, -0.1) is 0 Å². The third-order valence-electron chi connectivity index (χ3n) is 2.45. The van der Waals surface area contributed by atoms with E-state index in [0.29, 0.717) is 16.8 Å². The highest BCUT2D eigenvalue weighted by Gasteiger charge is 2.06. The van der Waals surface area contributed by atoms with Gasteiger partial charge in [-0.05, 0) is 29.8 Å². The van der Waals surface area contributed by atoms with Crippen molar-refractivity contribution in [2.24, 2.45) is 5.11 Å². The summed E-state index contributed by atoms with van der Waals surface area (Å²) in [4.78, 5) is 2.67. The summed E-state index contributed by atoms with van der Waals surface area (Å²) in [6.07, 6.45) is 0. The van der Waals surface area contributed by atoms with Gasteiger partial charge in [0.15, 0.2) is 17.2 Å². The Morgan fingerprint density at radius 2 is 1.45 bits per heavy atom. The average molecular weight is 267 g/mol. The van der Waals surface area contributed by atoms with Gasteiger partial charge in [-0.1, -0.05) is 29.1 Å². The van der Waals surface area contributed by atoms with Crippen molar-refractivity contribution in [1.82, 2.24) is 0 Å². The van der Waals surface area contributed by atoms with E-state index in [1.54, 1.807) is 24.3 Å². The van der Waals surface area contributed by atoms with Gasteiger partial charge in [0.1, 0.15) is 0 Å². The van der Waals surface area contributed by atoms with Gasteiger partial charge in [0.05, 0.1) is 0 Å². The van der Waals surface area contributed by atoms with Crippen LogP contribution in [0.25, 0.3) is 10.4 Å². The van der Waals surface area contributed by atoms with Crippen LogP contribution < -0.4 is 0 Å². The summed E-state index contributed by atoms with van der Waals surface area (Å²) in [6, 6.07) is 9.09. The van der Waals surface area contributed by atoms with Gasteiger partial charge in [-0.3, -0.25) is 0 Å². The van der Waals surface area contributed by atoms with Crippen LogP contribution in [0.3, 0.4) is 0 Å². The number of benzene rings is 2. The Balaban J connectivity index is 2.28. The highest BCUT2D eigenvalue weighted by Crippen LogP contribution is 2.35. The minimum Gasteiger partial charge on any atom is -0.504 e. The van der Waals surface area contributed by atoms with E-state index in [-0.39, 0.29) is 0 Å². The molecule has 2 aromatic rings. The van der Waals surface area contributed by atoms with Crippen LogP contribution >= 0.6 is 0 Å². The Bertz CT molecular complexity index is 728. The molecule has 0 radical (unpaired) electrons. The van der Waals surface area contributed by atoms with E-state index in [2.05, 4.69) is 21.9 Å². The third kappa shape index (κ3) is 2.93. The van der Waals surface area contributed by atoms with Gasteiger partial charge in [-0.25, -0.2) is 0 Å². The molecule has 3 N–H and O–H groups in total. The fourth-order valence-electron chi connectivity index (χ4n) is 1.48. The van der Waals surface area contributed by atoms with Crippen LogP contribution in [-0.2, 0) is 0 Å². The zero-order valence-corrected chi connectivity index (χ0v) is 10.1. The number of hydrogen-bond acceptors (Lipinski definition) is 4. The molecule has 0 aliphatic carbocycles. The van der Waals surface area contributed by atoms with Gasteiger partial charge >= 0.3 is 0 Å². The molecule has 0 saturated carbocycles. The molecule has 0 atom stereocenters. The molecule has 0 aliphatic rings. The number of nitrogens with zero attached hydrogens (tertiary/aromatic N) is 3. The van der Waals surface area contributed by atoms with Crippen LogP contribution in [-0.4, -0.2) is 15.3 Å². The standard InChI is InChI=1S/C14H9N3O3/c15-17-16-11-5-3-9(4-6-11)1-2-10-7-12(18)14(20)13(19)8-10/h3-8,18-20H. The molecule has 0 spiro atoms. The van der Waals surface area contributed by atoms with Crippen LogP contribution in [0.4, 0.5) is 5.69 Å². The van der Waals surface area contributed by atoms with Crippen molar-refractivity contribution in [2.45, 2.75) is 0 Å². The lowest BCUT2D eigenvalue weighted by molar-refractivity contribution is 0.367. The maximum absolute atomic E-state index is 9.35. The molecular weight excluding hydrogens is 258 g/mol. The molecule has 6 nitrogen and oxygen atoms in total. The minimum atomic E-state index is -0.575. The third-order valence-corrected chi connectivity index (χ3v) is 2.45. The summed E-state index contributed by atoms with van der Waals surface area (Å²) in [7, 11) is 0. The molecule has 98 valence electrons. The Hall–Kier alpha value is -3.29. The van der Waals surface area contributed by atoms with Crippen molar-refractivity contribution in [1.29, 1.82) is 0 Å². The lowest BCUT2D eigenvalue weighted by Crippen LogP contribution is -1.78. The smallest absolute Gasteiger partial charge is 0.200 e. The summed E-state index contributed by atoms with van der Waals surface area (Å²) >= 11 is 0. The fraction of sp³-hybridized carbons (Fsp3) is 0. The molecule has 0 saturated heterocycles. The number of aromatic hydroxyl groups is 3. The van der Waals surface area contributed by atoms with E-state index >= 15 is 0 Å². The predicted molar refractivity (Wildman–Crippen MR) is 72.7 cm³/mol. The van der Waals surface area contributed by atoms with Gasteiger partial charge in [0, 0.05) is 21.7 Å². The fourth-order valence-corrected chi connectivity index (χ4v) is 1.48. The monoisotopic (exact) mass is 267 g/mol. The largest absolute Gasteiger partial charge is 0.504 e. The van der Waals surface area contributed by atoms with Crippen LogP contribution in [0.5, 0.6) is 17.2 Å². The second-order valence-corrected chi connectivity index (χ2v) is 3.85. The van der Waals surface area contributed by atoms with E-state index in [1.165, 1.54) is 12.1 Å². The van der Waals surface area contributed by atoms with E-state index in [9.17, 15) is 15.3 Å². The molecule has 0 aliphatic heterocycles. The Labute approximate surface area is 114 Å². The lowest BCUT2D eigenvalue weighted by Gasteiger charge is -2.00. The first-order chi connectivity index (χ1) is 9.60. The quantitative estimate of drug-likeness (QED) is 0.243. The first-order valence-electron chi connectivity index (χ1n) is 5.52. The predicted octanol–water partition coefficient (Wildman–Crippen LogP) is 3.15. The van der Waals surface area contributed by atoms with Crippen molar-refractivity contribution in [3.8, 4) is 29.1 Å². The van der Waals surface area contributed by atoms with E-state index < -0.39 is 17.2 Å². The molecule has 2 rings (SSSR count). The zero-order valence-electron chi connectivity index (χ0n) is 10.1. The minimum absolute atomic E-state index is 0.358. The number of phenols is 3. The lowest BCUT2D eigenvalue weighted by atomic mass is 10.1. The molecule has 0 unspecified atom stereocenters. The SMILES string of the molecule is [N-]=[N+]=Nc1ccc(C#Cc2cc(O)c(O)c(O)c2)cc1.